The van der Waals surface area contributed by atoms with E-state index in [0.29, 0.717) is 5.56 Å². The molecule has 0 saturated heterocycles. The van der Waals surface area contributed by atoms with Crippen LogP contribution in [0.1, 0.15) is 28.7 Å². The van der Waals surface area contributed by atoms with Gasteiger partial charge in [-0.05, 0) is 39.9 Å². The van der Waals surface area contributed by atoms with Crippen molar-refractivity contribution in [3.8, 4) is 22.6 Å². The van der Waals surface area contributed by atoms with E-state index in [1.54, 1.807) is 6.07 Å². The van der Waals surface area contributed by atoms with Crippen LogP contribution >= 0.6 is 0 Å². The van der Waals surface area contributed by atoms with Crippen molar-refractivity contribution in [3.05, 3.63) is 83.4 Å². The Bertz CT molecular complexity index is 1110. The van der Waals surface area contributed by atoms with Gasteiger partial charge in [-0.15, -0.1) is 0 Å². The maximum absolute atomic E-state index is 12.6. The molecule has 0 heterocycles. The van der Waals surface area contributed by atoms with Crippen molar-refractivity contribution in [2.24, 2.45) is 0 Å². The molecule has 164 valence electrons. The summed E-state index contributed by atoms with van der Waals surface area (Å²) in [7, 11) is 2.64. The van der Waals surface area contributed by atoms with Gasteiger partial charge in [0.1, 0.15) is 6.61 Å². The molecule has 2 N–H and O–H groups in total. The smallest absolute Gasteiger partial charge is 0.408 e. The molecule has 1 amide bonds. The predicted molar refractivity (Wildman–Crippen MR) is 118 cm³/mol. The number of carbonyl (C=O) groups is 2. The van der Waals surface area contributed by atoms with Crippen molar-refractivity contribution in [1.29, 1.82) is 0 Å². The number of aromatic hydroxyl groups is 1. The van der Waals surface area contributed by atoms with Crippen LogP contribution in [0.4, 0.5) is 4.79 Å². The Balaban J connectivity index is 1.50. The molecular weight excluding hydrogens is 410 g/mol. The lowest BCUT2D eigenvalue weighted by molar-refractivity contribution is -0.143. The highest BCUT2D eigenvalue weighted by molar-refractivity contribution is 5.83. The molecule has 3 aromatic rings. The van der Waals surface area contributed by atoms with E-state index in [1.165, 1.54) is 26.4 Å². The molecule has 4 rings (SSSR count). The van der Waals surface area contributed by atoms with Crippen molar-refractivity contribution in [2.75, 3.05) is 20.8 Å². The number of phenolic OH excluding ortho intramolecular Hbond substituents is 1. The first kappa shape index (κ1) is 21.2. The van der Waals surface area contributed by atoms with Gasteiger partial charge < -0.3 is 24.6 Å². The Morgan fingerprint density at radius 3 is 2.16 bits per heavy atom. The van der Waals surface area contributed by atoms with Crippen LogP contribution in [-0.2, 0) is 14.3 Å². The minimum atomic E-state index is -1.15. The number of hydrogen-bond acceptors (Lipinski definition) is 6. The first-order chi connectivity index (χ1) is 15.5. The second-order valence-electron chi connectivity index (χ2n) is 7.36. The third-order valence-electron chi connectivity index (χ3n) is 5.58. The third-order valence-corrected chi connectivity index (χ3v) is 5.58. The Morgan fingerprint density at radius 1 is 0.969 bits per heavy atom. The number of methoxy groups -OCH3 is 2. The summed E-state index contributed by atoms with van der Waals surface area (Å²) >= 11 is 0. The summed E-state index contributed by atoms with van der Waals surface area (Å²) in [4.78, 5) is 24.9. The molecule has 0 fully saturated rings. The monoisotopic (exact) mass is 433 g/mol. The van der Waals surface area contributed by atoms with Crippen LogP contribution in [0.5, 0.6) is 11.5 Å². The van der Waals surface area contributed by atoms with E-state index in [0.717, 1.165) is 22.3 Å². The van der Waals surface area contributed by atoms with Crippen molar-refractivity contribution < 1.29 is 28.9 Å². The largest absolute Gasteiger partial charge is 0.504 e. The molecule has 0 saturated carbocycles. The number of fused-ring (bicyclic) bond motifs is 3. The quantitative estimate of drug-likeness (QED) is 0.567. The molecule has 3 aromatic carbocycles. The zero-order chi connectivity index (χ0) is 22.7. The van der Waals surface area contributed by atoms with Gasteiger partial charge in [-0.1, -0.05) is 54.6 Å². The molecule has 1 aliphatic carbocycles. The number of nitrogens with one attached hydrogen (secondary N) is 1. The van der Waals surface area contributed by atoms with Crippen LogP contribution in [0.2, 0.25) is 0 Å². The summed E-state index contributed by atoms with van der Waals surface area (Å²) < 4.78 is 15.4. The average Bonchev–Trinajstić information content (AvgIpc) is 3.14. The molecule has 1 unspecified atom stereocenters. The minimum absolute atomic E-state index is 0.102. The molecule has 0 bridgehead atoms. The van der Waals surface area contributed by atoms with Gasteiger partial charge in [0.05, 0.1) is 14.2 Å². The molecule has 0 aromatic heterocycles. The van der Waals surface area contributed by atoms with Gasteiger partial charge in [0.15, 0.2) is 17.5 Å². The lowest BCUT2D eigenvalue weighted by atomic mass is 9.98. The van der Waals surface area contributed by atoms with Gasteiger partial charge in [0.2, 0.25) is 0 Å². The van der Waals surface area contributed by atoms with E-state index in [1.807, 2.05) is 36.4 Å². The number of amides is 1. The van der Waals surface area contributed by atoms with Gasteiger partial charge in [0, 0.05) is 5.92 Å². The summed E-state index contributed by atoms with van der Waals surface area (Å²) in [6.45, 7) is 0.113. The fourth-order valence-corrected chi connectivity index (χ4v) is 4.04. The number of benzene rings is 3. The molecule has 1 aliphatic rings. The van der Waals surface area contributed by atoms with E-state index in [4.69, 9.17) is 14.2 Å². The number of esters is 1. The topological polar surface area (TPSA) is 94.1 Å². The Hall–Kier alpha value is -4.00. The van der Waals surface area contributed by atoms with Crippen LogP contribution in [0.25, 0.3) is 11.1 Å². The average molecular weight is 433 g/mol. The second kappa shape index (κ2) is 9.01. The van der Waals surface area contributed by atoms with Crippen molar-refractivity contribution in [2.45, 2.75) is 12.0 Å². The van der Waals surface area contributed by atoms with Crippen molar-refractivity contribution >= 4 is 12.1 Å². The van der Waals surface area contributed by atoms with Crippen LogP contribution in [0.15, 0.2) is 66.7 Å². The van der Waals surface area contributed by atoms with Gasteiger partial charge in [-0.25, -0.2) is 9.59 Å². The normalized spacial score (nSPS) is 12.9. The zero-order valence-corrected chi connectivity index (χ0v) is 17.7. The maximum atomic E-state index is 12.6. The van der Waals surface area contributed by atoms with Crippen LogP contribution in [0.3, 0.4) is 0 Å². The molecule has 0 radical (unpaired) electrons. The van der Waals surface area contributed by atoms with E-state index in [2.05, 4.69) is 17.4 Å². The third kappa shape index (κ3) is 3.97. The number of hydrogen-bond donors (Lipinski definition) is 2. The Labute approximate surface area is 185 Å². The summed E-state index contributed by atoms with van der Waals surface area (Å²) in [6, 6.07) is 19.3. The summed E-state index contributed by atoms with van der Waals surface area (Å²) in [6.07, 6.45) is -0.766. The number of alkyl carbamates (subject to hydrolysis) is 1. The lowest BCUT2D eigenvalue weighted by Gasteiger charge is -2.19. The van der Waals surface area contributed by atoms with Crippen molar-refractivity contribution in [3.63, 3.8) is 0 Å². The van der Waals surface area contributed by atoms with E-state index in [-0.39, 0.29) is 24.0 Å². The molecule has 0 spiro atoms. The predicted octanol–water partition coefficient (Wildman–Crippen LogP) is 4.15. The van der Waals surface area contributed by atoms with E-state index < -0.39 is 18.1 Å². The Morgan fingerprint density at radius 2 is 1.59 bits per heavy atom. The van der Waals surface area contributed by atoms with Crippen molar-refractivity contribution in [1.82, 2.24) is 5.32 Å². The highest BCUT2D eigenvalue weighted by atomic mass is 16.6. The van der Waals surface area contributed by atoms with Crippen LogP contribution < -0.4 is 10.1 Å². The number of phenols is 1. The Kier molecular flexibility index (Phi) is 5.98. The summed E-state index contributed by atoms with van der Waals surface area (Å²) in [5.41, 5.74) is 4.76. The van der Waals surface area contributed by atoms with Gasteiger partial charge in [-0.2, -0.15) is 0 Å². The summed E-state index contributed by atoms with van der Waals surface area (Å²) in [5.74, 6) is -0.704. The number of rotatable bonds is 6. The van der Waals surface area contributed by atoms with E-state index >= 15 is 0 Å². The molecule has 1 atom stereocenters. The first-order valence-corrected chi connectivity index (χ1v) is 10.1. The molecule has 7 heteroatoms. The van der Waals surface area contributed by atoms with E-state index in [9.17, 15) is 14.7 Å². The molecular formula is C25H23NO6. The van der Waals surface area contributed by atoms with Crippen LogP contribution in [0, 0.1) is 0 Å². The number of carbonyl (C=O) groups excluding carboxylic acids is 2. The first-order valence-electron chi connectivity index (χ1n) is 10.1. The lowest BCUT2D eigenvalue weighted by Crippen LogP contribution is -2.35. The van der Waals surface area contributed by atoms with Crippen LogP contribution in [-0.4, -0.2) is 38.0 Å². The van der Waals surface area contributed by atoms with Gasteiger partial charge >= 0.3 is 12.1 Å². The molecule has 7 nitrogen and oxygen atoms in total. The number of ether oxygens (including phenoxy) is 3. The summed E-state index contributed by atoms with van der Waals surface area (Å²) in [5, 5.41) is 12.6. The molecule has 32 heavy (non-hydrogen) atoms. The fourth-order valence-electron chi connectivity index (χ4n) is 4.04. The second-order valence-corrected chi connectivity index (χ2v) is 7.36. The van der Waals surface area contributed by atoms with Gasteiger partial charge in [-0.3, -0.25) is 0 Å². The fraction of sp³-hybridized carbons (Fsp3) is 0.200. The highest BCUT2D eigenvalue weighted by Gasteiger charge is 2.30. The standard InChI is InChI=1S/C25H23NO6/c1-30-22-12-11-15(13-21(22)27)23(24(28)31-2)26-25(29)32-14-20-18-9-5-3-7-16(18)17-8-4-6-10-19(17)20/h3-13,20,23,27H,14H2,1-2H3,(H,26,29). The molecule has 0 aliphatic heterocycles. The zero-order valence-electron chi connectivity index (χ0n) is 17.7. The van der Waals surface area contributed by atoms with Gasteiger partial charge in [0.25, 0.3) is 0 Å². The highest BCUT2D eigenvalue weighted by Crippen LogP contribution is 2.44. The maximum Gasteiger partial charge on any atom is 0.408 e. The minimum Gasteiger partial charge on any atom is -0.504 e. The SMILES string of the molecule is COC(=O)C(NC(=O)OCC1c2ccccc2-c2ccccc21)c1ccc(OC)c(O)c1.